The smallest absolute Gasteiger partial charge is 0.0600 e. The fraction of sp³-hybridized carbons (Fsp3) is 1.00. The van der Waals surface area contributed by atoms with E-state index in [-0.39, 0.29) is 0 Å². The molecular formula is C12H24N2O. The largest absolute Gasteiger partial charge is 0.377 e. The van der Waals surface area contributed by atoms with Crippen molar-refractivity contribution in [1.29, 1.82) is 0 Å². The van der Waals surface area contributed by atoms with Crippen molar-refractivity contribution in [2.75, 3.05) is 39.3 Å². The van der Waals surface area contributed by atoms with Crippen LogP contribution in [0.5, 0.6) is 0 Å². The highest BCUT2D eigenvalue weighted by atomic mass is 16.5. The van der Waals surface area contributed by atoms with Crippen LogP contribution in [0.15, 0.2) is 0 Å². The van der Waals surface area contributed by atoms with Crippen LogP contribution >= 0.6 is 0 Å². The number of nitrogens with one attached hydrogen (secondary N) is 1. The molecule has 0 aromatic heterocycles. The third-order valence-electron chi connectivity index (χ3n) is 3.50. The molecule has 1 N–H and O–H groups in total. The Morgan fingerprint density at radius 3 is 2.53 bits per heavy atom. The van der Waals surface area contributed by atoms with Gasteiger partial charge in [0.05, 0.1) is 12.7 Å². The Labute approximate surface area is 93.2 Å². The van der Waals surface area contributed by atoms with Crippen LogP contribution in [0, 0.1) is 0 Å². The number of nitrogens with zero attached hydrogens (tertiary/aromatic N) is 1. The van der Waals surface area contributed by atoms with Crippen molar-refractivity contribution >= 4 is 0 Å². The predicted molar refractivity (Wildman–Crippen MR) is 62.1 cm³/mol. The fourth-order valence-electron chi connectivity index (χ4n) is 2.49. The first-order valence-corrected chi connectivity index (χ1v) is 6.50. The highest BCUT2D eigenvalue weighted by Gasteiger charge is 2.14. The van der Waals surface area contributed by atoms with E-state index in [0.717, 1.165) is 26.2 Å². The van der Waals surface area contributed by atoms with Crippen molar-refractivity contribution < 1.29 is 4.74 Å². The van der Waals surface area contributed by atoms with Crippen LogP contribution in [0.4, 0.5) is 0 Å². The molecule has 0 atom stereocenters. The zero-order valence-electron chi connectivity index (χ0n) is 9.71. The molecule has 2 saturated heterocycles. The van der Waals surface area contributed by atoms with Crippen LogP contribution in [-0.4, -0.2) is 50.3 Å². The molecule has 0 aromatic rings. The lowest BCUT2D eigenvalue weighted by Crippen LogP contribution is -2.36. The molecular weight excluding hydrogens is 188 g/mol. The molecule has 2 rings (SSSR count). The molecule has 0 spiro atoms. The summed E-state index contributed by atoms with van der Waals surface area (Å²) in [6, 6.07) is 0. The maximum Gasteiger partial charge on any atom is 0.0600 e. The topological polar surface area (TPSA) is 24.5 Å². The van der Waals surface area contributed by atoms with Gasteiger partial charge in [-0.3, -0.25) is 0 Å². The lowest BCUT2D eigenvalue weighted by atomic mass is 10.1. The normalized spacial score (nSPS) is 25.6. The summed E-state index contributed by atoms with van der Waals surface area (Å²) in [5.41, 5.74) is 0. The third-order valence-corrected chi connectivity index (χ3v) is 3.50. The molecule has 2 aliphatic heterocycles. The van der Waals surface area contributed by atoms with Gasteiger partial charge in [-0.25, -0.2) is 0 Å². The number of rotatable bonds is 4. The number of piperidine rings is 2. The fourth-order valence-corrected chi connectivity index (χ4v) is 2.49. The molecule has 0 aromatic carbocycles. The maximum absolute atomic E-state index is 5.90. The van der Waals surface area contributed by atoms with E-state index < -0.39 is 0 Å². The lowest BCUT2D eigenvalue weighted by molar-refractivity contribution is 0.0178. The molecule has 15 heavy (non-hydrogen) atoms. The summed E-state index contributed by atoms with van der Waals surface area (Å²) >= 11 is 0. The standard InChI is InChI=1S/C12H24N2O/c1-2-8-14(9-3-1)10-11-15-12-4-6-13-7-5-12/h12-13H,1-11H2. The molecule has 2 fully saturated rings. The minimum Gasteiger partial charge on any atom is -0.377 e. The van der Waals surface area contributed by atoms with Gasteiger partial charge < -0.3 is 15.0 Å². The van der Waals surface area contributed by atoms with E-state index in [9.17, 15) is 0 Å². The first-order chi connectivity index (χ1) is 7.45. The van der Waals surface area contributed by atoms with Gasteiger partial charge >= 0.3 is 0 Å². The Balaban J connectivity index is 1.53. The van der Waals surface area contributed by atoms with Gasteiger partial charge in [-0.05, 0) is 51.9 Å². The van der Waals surface area contributed by atoms with Crippen LogP contribution in [0.25, 0.3) is 0 Å². The Hall–Kier alpha value is -0.120. The van der Waals surface area contributed by atoms with Crippen LogP contribution in [0.1, 0.15) is 32.1 Å². The molecule has 88 valence electrons. The quantitative estimate of drug-likeness (QED) is 0.759. The van der Waals surface area contributed by atoms with E-state index in [1.165, 1.54) is 45.2 Å². The van der Waals surface area contributed by atoms with E-state index >= 15 is 0 Å². The molecule has 3 heteroatoms. The van der Waals surface area contributed by atoms with Gasteiger partial charge in [-0.15, -0.1) is 0 Å². The Bertz CT molecular complexity index is 145. The van der Waals surface area contributed by atoms with Crippen molar-refractivity contribution in [2.45, 2.75) is 38.2 Å². The molecule has 0 saturated carbocycles. The van der Waals surface area contributed by atoms with Crippen LogP contribution in [0.3, 0.4) is 0 Å². The second-order valence-corrected chi connectivity index (χ2v) is 4.72. The van der Waals surface area contributed by atoms with Crippen molar-refractivity contribution in [1.82, 2.24) is 10.2 Å². The summed E-state index contributed by atoms with van der Waals surface area (Å²) in [7, 11) is 0. The second kappa shape index (κ2) is 6.46. The molecule has 0 aliphatic carbocycles. The minimum absolute atomic E-state index is 0.524. The van der Waals surface area contributed by atoms with E-state index in [1.54, 1.807) is 0 Å². The molecule has 0 bridgehead atoms. The molecule has 0 radical (unpaired) electrons. The van der Waals surface area contributed by atoms with Gasteiger partial charge in [0.25, 0.3) is 0 Å². The zero-order chi connectivity index (χ0) is 10.3. The highest BCUT2D eigenvalue weighted by molar-refractivity contribution is 4.69. The Morgan fingerprint density at radius 1 is 1.07 bits per heavy atom. The van der Waals surface area contributed by atoms with E-state index in [2.05, 4.69) is 10.2 Å². The van der Waals surface area contributed by atoms with Gasteiger partial charge in [0.2, 0.25) is 0 Å². The molecule has 2 heterocycles. The monoisotopic (exact) mass is 212 g/mol. The third kappa shape index (κ3) is 4.09. The molecule has 0 unspecified atom stereocenters. The second-order valence-electron chi connectivity index (χ2n) is 4.72. The average molecular weight is 212 g/mol. The first-order valence-electron chi connectivity index (χ1n) is 6.50. The Kier molecular flexibility index (Phi) is 4.90. The van der Waals surface area contributed by atoms with Crippen molar-refractivity contribution in [3.8, 4) is 0 Å². The minimum atomic E-state index is 0.524. The summed E-state index contributed by atoms with van der Waals surface area (Å²) < 4.78 is 5.90. The van der Waals surface area contributed by atoms with Crippen molar-refractivity contribution in [3.63, 3.8) is 0 Å². The number of hydrogen-bond acceptors (Lipinski definition) is 3. The summed E-state index contributed by atoms with van der Waals surface area (Å²) in [5.74, 6) is 0. The molecule has 3 nitrogen and oxygen atoms in total. The zero-order valence-corrected chi connectivity index (χ0v) is 9.71. The van der Waals surface area contributed by atoms with Crippen molar-refractivity contribution in [3.05, 3.63) is 0 Å². The highest BCUT2D eigenvalue weighted by Crippen LogP contribution is 2.10. The van der Waals surface area contributed by atoms with Gasteiger partial charge in [0.15, 0.2) is 0 Å². The van der Waals surface area contributed by atoms with Crippen LogP contribution in [0.2, 0.25) is 0 Å². The lowest BCUT2D eigenvalue weighted by Gasteiger charge is -2.28. The summed E-state index contributed by atoms with van der Waals surface area (Å²) in [4.78, 5) is 2.55. The number of hydrogen-bond donors (Lipinski definition) is 1. The summed E-state index contributed by atoms with van der Waals surface area (Å²) in [6.45, 7) is 6.92. The van der Waals surface area contributed by atoms with Crippen molar-refractivity contribution in [2.24, 2.45) is 0 Å². The number of ether oxygens (including phenoxy) is 1. The van der Waals surface area contributed by atoms with Crippen LogP contribution < -0.4 is 5.32 Å². The number of likely N-dealkylation sites (tertiary alicyclic amines) is 1. The summed E-state index contributed by atoms with van der Waals surface area (Å²) in [5, 5.41) is 3.36. The van der Waals surface area contributed by atoms with E-state index in [1.807, 2.05) is 0 Å². The van der Waals surface area contributed by atoms with E-state index in [0.29, 0.717) is 6.10 Å². The van der Waals surface area contributed by atoms with Gasteiger partial charge in [-0.1, -0.05) is 6.42 Å². The first kappa shape index (κ1) is 11.4. The molecule has 2 aliphatic rings. The molecule has 0 amide bonds. The SMILES string of the molecule is C1CCN(CCOC2CCNCC2)CC1. The Morgan fingerprint density at radius 2 is 1.80 bits per heavy atom. The van der Waals surface area contributed by atoms with Gasteiger partial charge in [0.1, 0.15) is 0 Å². The van der Waals surface area contributed by atoms with E-state index in [4.69, 9.17) is 4.74 Å². The van der Waals surface area contributed by atoms with Crippen LogP contribution in [-0.2, 0) is 4.74 Å². The summed E-state index contributed by atoms with van der Waals surface area (Å²) in [6.07, 6.45) is 7.10. The van der Waals surface area contributed by atoms with Gasteiger partial charge in [-0.2, -0.15) is 0 Å². The predicted octanol–water partition coefficient (Wildman–Crippen LogP) is 1.24. The van der Waals surface area contributed by atoms with Gasteiger partial charge in [0, 0.05) is 6.54 Å². The average Bonchev–Trinajstić information content (AvgIpc) is 2.32. The maximum atomic E-state index is 5.90.